The van der Waals surface area contributed by atoms with Crippen LogP contribution in [0.1, 0.15) is 42.5 Å². The summed E-state index contributed by atoms with van der Waals surface area (Å²) in [4.78, 5) is 0. The van der Waals surface area contributed by atoms with E-state index in [1.807, 2.05) is 11.3 Å². The molecule has 0 N–H and O–H groups in total. The summed E-state index contributed by atoms with van der Waals surface area (Å²) in [7, 11) is 0. The van der Waals surface area contributed by atoms with Gasteiger partial charge in [-0.1, -0.05) is 178 Å². The van der Waals surface area contributed by atoms with Crippen molar-refractivity contribution in [3.05, 3.63) is 210 Å². The Morgan fingerprint density at radius 2 is 1.11 bits per heavy atom. The van der Waals surface area contributed by atoms with Crippen LogP contribution in [0.15, 0.2) is 192 Å². The van der Waals surface area contributed by atoms with Gasteiger partial charge in [-0.2, -0.15) is 0 Å². The minimum atomic E-state index is -0.159. The molecule has 13 rings (SSSR count). The third-order valence-electron chi connectivity index (χ3n) is 14.0. The van der Waals surface area contributed by atoms with E-state index in [1.54, 1.807) is 0 Å². The molecule has 9 aromatic carbocycles. The second kappa shape index (κ2) is 13.9. The molecule has 0 saturated carbocycles. The summed E-state index contributed by atoms with van der Waals surface area (Å²) in [5.74, 6) is 0. The second-order valence-corrected chi connectivity index (χ2v) is 18.9. The van der Waals surface area contributed by atoms with Crippen molar-refractivity contribution in [2.75, 3.05) is 0 Å². The van der Waals surface area contributed by atoms with E-state index < -0.39 is 0 Å². The molecule has 11 aromatic rings. The highest BCUT2D eigenvalue weighted by Gasteiger charge is 2.36. The molecular formula is C61H42OS. The molecule has 298 valence electrons. The van der Waals surface area contributed by atoms with Crippen LogP contribution in [0.2, 0.25) is 0 Å². The van der Waals surface area contributed by atoms with Crippen molar-refractivity contribution >= 4 is 81.1 Å². The van der Waals surface area contributed by atoms with Gasteiger partial charge in [-0.25, -0.2) is 0 Å². The fourth-order valence-corrected chi connectivity index (χ4v) is 12.1. The highest BCUT2D eigenvalue weighted by atomic mass is 32.1. The fraction of sp³-hybridized carbons (Fsp3) is 0.0820. The Kier molecular flexibility index (Phi) is 8.02. The van der Waals surface area contributed by atoms with Crippen LogP contribution >= 0.6 is 11.3 Å². The SMILES string of the molecule is CC1(C)c2ccc(-c3ccccccc(-c4ccc5c(c4)CCC=C5)c4ccccc34)cc2-c2ccc(-c3ccc4sc5c(c4c3)c3ccccc3c3oc4ccccc4c35)cc21. The number of allylic oxidation sites excluding steroid dienone is 1. The molecule has 2 aliphatic carbocycles. The third-order valence-corrected chi connectivity index (χ3v) is 15.2. The van der Waals surface area contributed by atoms with Gasteiger partial charge in [-0.15, -0.1) is 11.3 Å². The normalized spacial score (nSPS) is 13.8. The average molecular weight is 823 g/mol. The van der Waals surface area contributed by atoms with Crippen LogP contribution in [0.3, 0.4) is 0 Å². The van der Waals surface area contributed by atoms with Crippen molar-refractivity contribution in [2.45, 2.75) is 32.1 Å². The largest absolute Gasteiger partial charge is 0.455 e. The lowest BCUT2D eigenvalue weighted by Gasteiger charge is -2.22. The Labute approximate surface area is 370 Å². The van der Waals surface area contributed by atoms with Gasteiger partial charge in [0.25, 0.3) is 0 Å². The first-order valence-corrected chi connectivity index (χ1v) is 22.9. The summed E-state index contributed by atoms with van der Waals surface area (Å²) >= 11 is 1.88. The molecule has 0 fully saturated rings. The number of fused-ring (bicyclic) bond motifs is 15. The quantitative estimate of drug-likeness (QED) is 0.173. The molecular weight excluding hydrogens is 781 g/mol. The van der Waals surface area contributed by atoms with E-state index in [0.29, 0.717) is 0 Å². The molecule has 0 atom stereocenters. The molecule has 0 bridgehead atoms. The summed E-state index contributed by atoms with van der Waals surface area (Å²) in [6.45, 7) is 4.78. The predicted molar refractivity (Wildman–Crippen MR) is 270 cm³/mol. The zero-order chi connectivity index (χ0) is 41.8. The summed E-state index contributed by atoms with van der Waals surface area (Å²) in [6, 6.07) is 67.8. The predicted octanol–water partition coefficient (Wildman–Crippen LogP) is 17.7. The molecule has 0 radical (unpaired) electrons. The maximum absolute atomic E-state index is 6.56. The van der Waals surface area contributed by atoms with Gasteiger partial charge in [0.05, 0.1) is 0 Å². The third kappa shape index (κ3) is 5.54. The van der Waals surface area contributed by atoms with E-state index in [2.05, 4.69) is 208 Å². The maximum atomic E-state index is 6.56. The molecule has 2 aromatic heterocycles. The Balaban J connectivity index is 0.951. The minimum Gasteiger partial charge on any atom is -0.455 e. The van der Waals surface area contributed by atoms with Gasteiger partial charge in [0, 0.05) is 41.7 Å². The number of benzene rings is 8. The Morgan fingerprint density at radius 1 is 0.460 bits per heavy atom. The molecule has 0 spiro atoms. The van der Waals surface area contributed by atoms with Crippen LogP contribution in [0.25, 0.3) is 114 Å². The molecule has 1 nitrogen and oxygen atoms in total. The molecule has 0 aliphatic heterocycles. The molecule has 0 unspecified atom stereocenters. The summed E-state index contributed by atoms with van der Waals surface area (Å²) < 4.78 is 9.15. The lowest BCUT2D eigenvalue weighted by molar-refractivity contribution is 0.660. The fourth-order valence-electron chi connectivity index (χ4n) is 10.9. The number of para-hydroxylation sites is 1. The van der Waals surface area contributed by atoms with Gasteiger partial charge in [0.2, 0.25) is 0 Å². The van der Waals surface area contributed by atoms with Gasteiger partial charge in [-0.05, 0) is 126 Å². The van der Waals surface area contributed by atoms with Crippen LogP contribution in [0.4, 0.5) is 0 Å². The highest BCUT2D eigenvalue weighted by Crippen LogP contribution is 2.52. The first kappa shape index (κ1) is 36.4. The summed E-state index contributed by atoms with van der Waals surface area (Å²) in [5, 5.41) is 9.91. The number of aryl methyl sites for hydroxylation is 1. The van der Waals surface area contributed by atoms with E-state index in [-0.39, 0.29) is 5.41 Å². The second-order valence-electron chi connectivity index (χ2n) is 17.8. The van der Waals surface area contributed by atoms with E-state index in [4.69, 9.17) is 4.42 Å². The van der Waals surface area contributed by atoms with E-state index in [9.17, 15) is 0 Å². The van der Waals surface area contributed by atoms with E-state index >= 15 is 0 Å². The minimum absolute atomic E-state index is 0.159. The van der Waals surface area contributed by atoms with Gasteiger partial charge < -0.3 is 4.42 Å². The van der Waals surface area contributed by atoms with E-state index in [0.717, 1.165) is 24.0 Å². The van der Waals surface area contributed by atoms with Gasteiger partial charge >= 0.3 is 0 Å². The first-order valence-electron chi connectivity index (χ1n) is 22.1. The number of furan rings is 1. The topological polar surface area (TPSA) is 13.1 Å². The molecule has 2 heteroatoms. The van der Waals surface area contributed by atoms with Crippen molar-refractivity contribution in [1.82, 2.24) is 0 Å². The Morgan fingerprint density at radius 3 is 1.92 bits per heavy atom. The van der Waals surface area contributed by atoms with Crippen molar-refractivity contribution in [3.63, 3.8) is 0 Å². The lowest BCUT2D eigenvalue weighted by Crippen LogP contribution is -2.15. The number of thiophene rings is 1. The van der Waals surface area contributed by atoms with Crippen molar-refractivity contribution in [1.29, 1.82) is 0 Å². The van der Waals surface area contributed by atoms with Gasteiger partial charge in [0.15, 0.2) is 0 Å². The first-order chi connectivity index (χ1) is 31.0. The van der Waals surface area contributed by atoms with Crippen LogP contribution < -0.4 is 0 Å². The van der Waals surface area contributed by atoms with Crippen LogP contribution in [-0.2, 0) is 11.8 Å². The highest BCUT2D eigenvalue weighted by molar-refractivity contribution is 7.27. The monoisotopic (exact) mass is 822 g/mol. The number of hydrogen-bond donors (Lipinski definition) is 0. The van der Waals surface area contributed by atoms with Gasteiger partial charge in [0.1, 0.15) is 11.2 Å². The summed E-state index contributed by atoms with van der Waals surface area (Å²) in [6.07, 6.45) is 6.73. The lowest BCUT2D eigenvalue weighted by atomic mass is 9.81. The molecule has 0 saturated heterocycles. The summed E-state index contributed by atoms with van der Waals surface area (Å²) in [5.41, 5.74) is 17.3. The standard InChI is InChI=1S/C61H42OS/c1-61(2)53-31-28-42(44-18-6-4-3-5-17-43(45-19-9-10-20-46(44)45)41-26-25-37-15-7-8-16-38(37)33-41)35-51(53)47-30-27-40(36-54(47)61)39-29-32-56-52(34-39)57-48-21-11-12-22-49(48)59-58(60(57)63-56)50-23-13-14-24-55(50)62-59/h3-7,9-15,17-36H,8,16H2,1-2H3. The van der Waals surface area contributed by atoms with E-state index in [1.165, 1.54) is 119 Å². The van der Waals surface area contributed by atoms with Crippen LogP contribution in [0, 0.1) is 0 Å². The molecule has 2 heterocycles. The zero-order valence-corrected chi connectivity index (χ0v) is 36.0. The van der Waals surface area contributed by atoms with Crippen LogP contribution in [-0.4, -0.2) is 0 Å². The Hall–Kier alpha value is -7.26. The van der Waals surface area contributed by atoms with Crippen molar-refractivity contribution < 1.29 is 4.42 Å². The number of hydrogen-bond acceptors (Lipinski definition) is 2. The molecule has 0 amide bonds. The average Bonchev–Trinajstić information content (AvgIpc) is 3.98. The van der Waals surface area contributed by atoms with Crippen LogP contribution in [0.5, 0.6) is 0 Å². The Bertz CT molecular complexity index is 3830. The number of rotatable bonds is 3. The zero-order valence-electron chi connectivity index (χ0n) is 35.2. The molecule has 2 aliphatic rings. The van der Waals surface area contributed by atoms with Crippen molar-refractivity contribution in [3.8, 4) is 44.5 Å². The van der Waals surface area contributed by atoms with Gasteiger partial charge in [-0.3, -0.25) is 0 Å². The maximum Gasteiger partial charge on any atom is 0.144 e. The molecule has 63 heavy (non-hydrogen) atoms. The smallest absolute Gasteiger partial charge is 0.144 e. The van der Waals surface area contributed by atoms with Crippen molar-refractivity contribution in [2.24, 2.45) is 0 Å².